The maximum absolute atomic E-state index is 12.2. The van der Waals surface area contributed by atoms with Crippen LogP contribution in [0.3, 0.4) is 0 Å². The highest BCUT2D eigenvalue weighted by Crippen LogP contribution is 2.65. The molecule has 0 saturated heterocycles. The standard InChI is InChI=1S/C30H28Cl2N2O3S/c31-21-4-3-5-22(32)25(21)26-20(27(37-34-26)17-8-9-17)15-36-29-12-16-10-18(13-29)30(35,19(11-16)14-29)28-33-23-6-1-2-7-24(23)38-28/h1-7,16-19,35H,8-15H2/t16-,18+,19-,29+,30-. The van der Waals surface area contributed by atoms with Crippen molar-refractivity contribution in [2.75, 3.05) is 0 Å². The number of nitrogens with zero attached hydrogens (tertiary/aromatic N) is 2. The van der Waals surface area contributed by atoms with E-state index in [0.717, 1.165) is 71.5 Å². The number of fused-ring (bicyclic) bond motifs is 1. The van der Waals surface area contributed by atoms with Gasteiger partial charge in [0.1, 0.15) is 22.1 Å². The number of hydrogen-bond acceptors (Lipinski definition) is 6. The summed E-state index contributed by atoms with van der Waals surface area (Å²) in [6.07, 6.45) is 7.01. The second-order valence-corrected chi connectivity index (χ2v) is 13.7. The van der Waals surface area contributed by atoms with Crippen molar-refractivity contribution >= 4 is 44.8 Å². The molecule has 0 spiro atoms. The van der Waals surface area contributed by atoms with Gasteiger partial charge < -0.3 is 14.4 Å². The number of benzene rings is 2. The highest BCUT2D eigenvalue weighted by Gasteiger charge is 2.64. The van der Waals surface area contributed by atoms with E-state index in [2.05, 4.69) is 11.2 Å². The first-order valence-corrected chi connectivity index (χ1v) is 15.2. The van der Waals surface area contributed by atoms with Gasteiger partial charge in [-0.25, -0.2) is 4.98 Å². The van der Waals surface area contributed by atoms with Crippen LogP contribution in [-0.4, -0.2) is 20.8 Å². The molecule has 5 aliphatic carbocycles. The number of halogens is 2. The topological polar surface area (TPSA) is 68.4 Å². The van der Waals surface area contributed by atoms with Gasteiger partial charge in [0.05, 0.1) is 32.5 Å². The molecule has 2 heterocycles. The molecular formula is C30H28Cl2N2O3S. The van der Waals surface area contributed by atoms with Crippen molar-refractivity contribution in [1.29, 1.82) is 0 Å². The first-order chi connectivity index (χ1) is 18.4. The SMILES string of the molecule is O[C@@]1(c2nc3ccccc3s2)[C@@H]2C[C@H]3C[C@H]1C[C@@](OCc1c(-c4c(Cl)cccc4Cl)noc1C1CC1)(C3)C2. The van der Waals surface area contributed by atoms with Gasteiger partial charge in [0.15, 0.2) is 0 Å². The number of ether oxygens (including phenoxy) is 1. The Hall–Kier alpha value is -1.96. The molecule has 4 aromatic rings. The minimum atomic E-state index is -0.875. The van der Waals surface area contributed by atoms with Gasteiger partial charge in [-0.1, -0.05) is 46.6 Å². The van der Waals surface area contributed by atoms with E-state index in [0.29, 0.717) is 39.7 Å². The molecule has 0 amide bonds. The third-order valence-corrected chi connectivity index (χ3v) is 11.3. The van der Waals surface area contributed by atoms with E-state index < -0.39 is 5.60 Å². The second kappa shape index (κ2) is 8.52. The molecule has 2 aromatic heterocycles. The van der Waals surface area contributed by atoms with Gasteiger partial charge in [-0.3, -0.25) is 0 Å². The minimum absolute atomic E-state index is 0.150. The average molecular weight is 568 g/mol. The number of aromatic nitrogens is 2. The smallest absolute Gasteiger partial charge is 0.145 e. The molecule has 0 radical (unpaired) electrons. The van der Waals surface area contributed by atoms with Crippen molar-refractivity contribution in [3.63, 3.8) is 0 Å². The normalized spacial score (nSPS) is 31.9. The zero-order valence-electron chi connectivity index (χ0n) is 20.8. The summed E-state index contributed by atoms with van der Waals surface area (Å²) >= 11 is 14.8. The van der Waals surface area contributed by atoms with Crippen molar-refractivity contribution in [1.82, 2.24) is 10.1 Å². The zero-order chi connectivity index (χ0) is 25.6. The van der Waals surface area contributed by atoms with Crippen LogP contribution >= 0.6 is 34.5 Å². The number of aliphatic hydroxyl groups is 1. The third kappa shape index (κ3) is 3.57. The van der Waals surface area contributed by atoms with Crippen LogP contribution in [0.5, 0.6) is 0 Å². The van der Waals surface area contributed by atoms with Crippen molar-refractivity contribution < 1.29 is 14.4 Å². The molecule has 4 bridgehead atoms. The van der Waals surface area contributed by atoms with Crippen molar-refractivity contribution in [3.05, 3.63) is 68.8 Å². The van der Waals surface area contributed by atoms with Crippen LogP contribution < -0.4 is 0 Å². The Morgan fingerprint density at radius 3 is 2.45 bits per heavy atom. The zero-order valence-corrected chi connectivity index (χ0v) is 23.2. The van der Waals surface area contributed by atoms with Crippen molar-refractivity contribution in [2.24, 2.45) is 17.8 Å². The molecule has 38 heavy (non-hydrogen) atoms. The van der Waals surface area contributed by atoms with Crippen molar-refractivity contribution in [3.8, 4) is 11.3 Å². The quantitative estimate of drug-likeness (QED) is 0.255. The monoisotopic (exact) mass is 566 g/mol. The van der Waals surface area contributed by atoms with Gasteiger partial charge in [-0.15, -0.1) is 11.3 Å². The van der Waals surface area contributed by atoms with Gasteiger partial charge in [0, 0.05) is 17.0 Å². The lowest BCUT2D eigenvalue weighted by Gasteiger charge is -2.62. The molecule has 196 valence electrons. The van der Waals surface area contributed by atoms with Crippen LogP contribution in [0.25, 0.3) is 21.5 Å². The fraction of sp³-hybridized carbons (Fsp3) is 0.467. The fourth-order valence-corrected chi connectivity index (χ4v) is 9.55. The van der Waals surface area contributed by atoms with Gasteiger partial charge >= 0.3 is 0 Å². The summed E-state index contributed by atoms with van der Waals surface area (Å²) < 4.78 is 13.9. The third-order valence-electron chi connectivity index (χ3n) is 9.50. The number of thiazole rings is 1. The fourth-order valence-electron chi connectivity index (χ4n) is 7.76. The average Bonchev–Trinajstić information content (AvgIpc) is 3.50. The summed E-state index contributed by atoms with van der Waals surface area (Å²) in [6, 6.07) is 13.7. The van der Waals surface area contributed by atoms with E-state index in [1.165, 1.54) is 0 Å². The lowest BCUT2D eigenvalue weighted by atomic mass is 9.48. The molecule has 5 saturated carbocycles. The Balaban J connectivity index is 1.11. The summed E-state index contributed by atoms with van der Waals surface area (Å²) in [4.78, 5) is 4.92. The van der Waals surface area contributed by atoms with Crippen LogP contribution in [0.15, 0.2) is 47.0 Å². The lowest BCUT2D eigenvalue weighted by Crippen LogP contribution is -2.62. The van der Waals surface area contributed by atoms with Crippen LogP contribution in [0.2, 0.25) is 10.0 Å². The lowest BCUT2D eigenvalue weighted by molar-refractivity contribution is -0.250. The molecule has 2 aromatic carbocycles. The first kappa shape index (κ1) is 23.9. The second-order valence-electron chi connectivity index (χ2n) is 11.9. The minimum Gasteiger partial charge on any atom is -0.382 e. The summed E-state index contributed by atoms with van der Waals surface area (Å²) in [5.74, 6) is 2.17. The Labute approximate surface area is 235 Å². The highest BCUT2D eigenvalue weighted by molar-refractivity contribution is 7.18. The first-order valence-electron chi connectivity index (χ1n) is 13.6. The van der Waals surface area contributed by atoms with Gasteiger partial charge in [-0.2, -0.15) is 0 Å². The summed E-state index contributed by atoms with van der Waals surface area (Å²) in [7, 11) is 0. The predicted octanol–water partition coefficient (Wildman–Crippen LogP) is 8.12. The molecule has 8 heteroatoms. The Morgan fingerprint density at radius 1 is 1.00 bits per heavy atom. The molecular weight excluding hydrogens is 539 g/mol. The molecule has 5 nitrogen and oxygen atoms in total. The molecule has 5 aliphatic rings. The number of para-hydroxylation sites is 1. The van der Waals surface area contributed by atoms with Gasteiger partial charge in [0.25, 0.3) is 0 Å². The number of rotatable bonds is 6. The number of hydrogen-bond donors (Lipinski definition) is 1. The van der Waals surface area contributed by atoms with E-state index in [4.69, 9.17) is 37.4 Å². The van der Waals surface area contributed by atoms with E-state index in [9.17, 15) is 5.11 Å². The summed E-state index contributed by atoms with van der Waals surface area (Å²) in [5.41, 5.74) is 2.23. The molecule has 9 rings (SSSR count). The van der Waals surface area contributed by atoms with Crippen molar-refractivity contribution in [2.45, 2.75) is 68.7 Å². The highest BCUT2D eigenvalue weighted by atomic mass is 35.5. The Bertz CT molecular complexity index is 1490. The molecule has 1 N–H and O–H groups in total. The largest absolute Gasteiger partial charge is 0.382 e. The Kier molecular flexibility index (Phi) is 5.35. The Morgan fingerprint density at radius 2 is 1.74 bits per heavy atom. The predicted molar refractivity (Wildman–Crippen MR) is 149 cm³/mol. The van der Waals surface area contributed by atoms with E-state index in [-0.39, 0.29) is 17.4 Å². The van der Waals surface area contributed by atoms with E-state index in [1.807, 2.05) is 36.4 Å². The van der Waals surface area contributed by atoms with Crippen LogP contribution in [0.4, 0.5) is 0 Å². The molecule has 5 fully saturated rings. The summed E-state index contributed by atoms with van der Waals surface area (Å²) in [6.45, 7) is 0.415. The van der Waals surface area contributed by atoms with E-state index in [1.54, 1.807) is 11.3 Å². The van der Waals surface area contributed by atoms with Gasteiger partial charge in [0.2, 0.25) is 0 Å². The van der Waals surface area contributed by atoms with Crippen LogP contribution in [0.1, 0.15) is 67.2 Å². The van der Waals surface area contributed by atoms with Crippen LogP contribution in [-0.2, 0) is 16.9 Å². The van der Waals surface area contributed by atoms with Gasteiger partial charge in [-0.05, 0) is 87.0 Å². The van der Waals surface area contributed by atoms with E-state index >= 15 is 0 Å². The molecule has 0 unspecified atom stereocenters. The molecule has 0 aliphatic heterocycles. The van der Waals surface area contributed by atoms with Crippen LogP contribution in [0, 0.1) is 17.8 Å². The maximum atomic E-state index is 12.2. The maximum Gasteiger partial charge on any atom is 0.145 e. The molecule has 5 atom stereocenters. The summed E-state index contributed by atoms with van der Waals surface area (Å²) in [5, 5.41) is 18.7.